The van der Waals surface area contributed by atoms with E-state index < -0.39 is 23.2 Å². The molecule has 1 heterocycles. The molecular weight excluding hydrogens is 230 g/mol. The van der Waals surface area contributed by atoms with Crippen LogP contribution in [0.15, 0.2) is 12.1 Å². The molecule has 9 nitrogen and oxygen atoms in total. The number of carbonyl (C=O) groups is 1. The van der Waals surface area contributed by atoms with Crippen LogP contribution >= 0.6 is 0 Å². The van der Waals surface area contributed by atoms with Gasteiger partial charge in [0.15, 0.2) is 17.2 Å². The minimum absolute atomic E-state index is 0.109. The summed E-state index contributed by atoms with van der Waals surface area (Å²) in [5, 5.41) is 27.6. The van der Waals surface area contributed by atoms with Gasteiger partial charge < -0.3 is 15.3 Å². The topological polar surface area (TPSA) is 181 Å². The van der Waals surface area contributed by atoms with Crippen LogP contribution in [-0.4, -0.2) is 32.6 Å². The van der Waals surface area contributed by atoms with Crippen molar-refractivity contribution >= 4 is 6.29 Å². The highest BCUT2D eigenvalue weighted by Crippen LogP contribution is 2.34. The average Bonchev–Trinajstić information content (AvgIpc) is 2.80. The summed E-state index contributed by atoms with van der Waals surface area (Å²) in [5.74, 6) is 2.41. The lowest BCUT2D eigenvalue weighted by Gasteiger charge is -1.99. The van der Waals surface area contributed by atoms with Crippen molar-refractivity contribution in [1.29, 1.82) is 0 Å². The number of phenols is 3. The number of hydrogen-bond donors (Lipinski definition) is 7. The van der Waals surface area contributed by atoms with Gasteiger partial charge in [0.1, 0.15) is 6.29 Å². The van der Waals surface area contributed by atoms with Crippen LogP contribution < -0.4 is 22.7 Å². The molecule has 0 amide bonds. The Labute approximate surface area is 96.0 Å². The smallest absolute Gasteiger partial charge is 0.219 e. The van der Waals surface area contributed by atoms with E-state index in [1.807, 2.05) is 0 Å². The maximum absolute atomic E-state index is 10.1. The van der Waals surface area contributed by atoms with E-state index in [4.69, 9.17) is 32.6 Å². The van der Waals surface area contributed by atoms with Gasteiger partial charge in [0, 0.05) is 5.56 Å². The van der Waals surface area contributed by atoms with Crippen LogP contribution in [0.3, 0.4) is 0 Å². The van der Waals surface area contributed by atoms with Crippen LogP contribution in [-0.2, 0) is 0 Å². The Morgan fingerprint density at radius 3 is 1.82 bits per heavy atom. The molecule has 10 N–H and O–H groups in total. The zero-order valence-corrected chi connectivity index (χ0v) is 8.66. The molecule has 1 aliphatic rings. The summed E-state index contributed by atoms with van der Waals surface area (Å²) in [7, 11) is 0. The zero-order valence-electron chi connectivity index (χ0n) is 8.66. The number of phenolic OH excluding ortho intramolecular Hbond substituents is 3. The van der Waals surface area contributed by atoms with Gasteiger partial charge in [-0.05, 0) is 12.1 Å². The van der Waals surface area contributed by atoms with Gasteiger partial charge in [0.05, 0.1) is 0 Å². The van der Waals surface area contributed by atoms with Crippen LogP contribution in [0.4, 0.5) is 0 Å². The predicted molar refractivity (Wildman–Crippen MR) is 57.1 cm³/mol. The highest BCUT2D eigenvalue weighted by atomic mass is 16.3. The second-order valence-corrected chi connectivity index (χ2v) is 3.33. The summed E-state index contributed by atoms with van der Waals surface area (Å²) >= 11 is 0. The van der Waals surface area contributed by atoms with Crippen molar-refractivity contribution in [3.05, 3.63) is 17.7 Å². The molecule has 0 aliphatic carbocycles. The highest BCUT2D eigenvalue weighted by molar-refractivity contribution is 5.77. The van der Waals surface area contributed by atoms with E-state index in [-0.39, 0.29) is 5.56 Å². The maximum Gasteiger partial charge on any atom is 0.219 e. The molecular formula is C8H13N5O4. The number of aromatic hydroxyl groups is 3. The Morgan fingerprint density at radius 1 is 1.24 bits per heavy atom. The lowest BCUT2D eigenvalue weighted by Crippen LogP contribution is -2.42. The SMILES string of the molecule is NN1NC1(N)N.O=Cc1cc(O)c(O)c(O)c1. The van der Waals surface area contributed by atoms with Crippen molar-refractivity contribution in [2.75, 3.05) is 0 Å². The van der Waals surface area contributed by atoms with Gasteiger partial charge >= 0.3 is 0 Å². The summed E-state index contributed by atoms with van der Waals surface area (Å²) in [6.07, 6.45) is 0.457. The fourth-order valence-corrected chi connectivity index (χ4v) is 0.861. The minimum Gasteiger partial charge on any atom is -0.504 e. The van der Waals surface area contributed by atoms with Gasteiger partial charge in [-0.3, -0.25) is 22.1 Å². The Balaban J connectivity index is 0.000000202. The third-order valence-corrected chi connectivity index (χ3v) is 1.88. The Morgan fingerprint density at radius 2 is 1.59 bits per heavy atom. The van der Waals surface area contributed by atoms with Gasteiger partial charge in [-0.15, -0.1) is 5.12 Å². The average molecular weight is 243 g/mol. The number of nitrogens with two attached hydrogens (primary N) is 3. The number of nitrogens with one attached hydrogen (secondary N) is 1. The van der Waals surface area contributed by atoms with Crippen molar-refractivity contribution in [2.24, 2.45) is 17.3 Å². The molecule has 17 heavy (non-hydrogen) atoms. The molecule has 94 valence electrons. The summed E-state index contributed by atoms with van der Waals surface area (Å²) in [6, 6.07) is 2.12. The number of aldehydes is 1. The quantitative estimate of drug-likeness (QED) is 0.0948. The normalized spacial score (nSPS) is 20.1. The third-order valence-electron chi connectivity index (χ3n) is 1.88. The van der Waals surface area contributed by atoms with Gasteiger partial charge in [0.2, 0.25) is 5.91 Å². The Bertz CT molecular complexity index is 413. The molecule has 2 rings (SSSR count). The fourth-order valence-electron chi connectivity index (χ4n) is 0.861. The molecule has 9 heteroatoms. The summed E-state index contributed by atoms with van der Waals surface area (Å²) < 4.78 is 0. The first-order valence-corrected chi connectivity index (χ1v) is 4.38. The molecule has 0 spiro atoms. The van der Waals surface area contributed by atoms with Crippen molar-refractivity contribution in [3.63, 3.8) is 0 Å². The van der Waals surface area contributed by atoms with E-state index in [0.29, 0.717) is 6.29 Å². The van der Waals surface area contributed by atoms with Gasteiger partial charge in [-0.25, -0.2) is 0 Å². The van der Waals surface area contributed by atoms with E-state index in [9.17, 15) is 4.79 Å². The lowest BCUT2D eigenvalue weighted by atomic mass is 10.2. The fraction of sp³-hybridized carbons (Fsp3) is 0.125. The summed E-state index contributed by atoms with van der Waals surface area (Å²) in [4.78, 5) is 10.1. The first-order chi connectivity index (χ1) is 7.77. The number of benzene rings is 1. The largest absolute Gasteiger partial charge is 0.504 e. The second-order valence-electron chi connectivity index (χ2n) is 3.33. The number of hydrazine groups is 2. The molecule has 1 aromatic rings. The molecule has 1 aromatic carbocycles. The van der Waals surface area contributed by atoms with E-state index in [2.05, 4.69) is 5.43 Å². The number of nitrogens with zero attached hydrogens (tertiary/aromatic N) is 1. The van der Waals surface area contributed by atoms with E-state index in [1.165, 1.54) is 0 Å². The minimum atomic E-state index is -0.931. The van der Waals surface area contributed by atoms with Crippen LogP contribution in [0, 0.1) is 0 Å². The van der Waals surface area contributed by atoms with Crippen molar-refractivity contribution < 1.29 is 20.1 Å². The molecule has 0 radical (unpaired) electrons. The standard InChI is InChI=1S/C7H6O4.CH7N5/c8-3-4-1-5(9)7(11)6(10)2-4;2-1(3)5-6(1)4/h1-3,9-11H;5H,2-4H2. The molecule has 0 saturated carbocycles. The van der Waals surface area contributed by atoms with Crippen LogP contribution in [0.5, 0.6) is 17.2 Å². The van der Waals surface area contributed by atoms with Gasteiger partial charge in [-0.2, -0.15) is 5.43 Å². The zero-order chi connectivity index (χ0) is 13.2. The number of rotatable bonds is 1. The van der Waals surface area contributed by atoms with Crippen LogP contribution in [0.1, 0.15) is 10.4 Å². The molecule has 1 atom stereocenters. The third kappa shape index (κ3) is 3.27. The Hall–Kier alpha value is -1.91. The molecule has 1 aliphatic heterocycles. The maximum atomic E-state index is 10.1. The number of carbonyl (C=O) groups excluding carboxylic acids is 1. The molecule has 1 unspecified atom stereocenters. The molecule has 1 fully saturated rings. The van der Waals surface area contributed by atoms with Crippen molar-refractivity contribution in [1.82, 2.24) is 10.5 Å². The number of hydrogen-bond acceptors (Lipinski definition) is 9. The van der Waals surface area contributed by atoms with Crippen molar-refractivity contribution in [3.8, 4) is 17.2 Å². The Kier molecular flexibility index (Phi) is 3.50. The summed E-state index contributed by atoms with van der Waals surface area (Å²) in [5.41, 5.74) is 12.7. The predicted octanol–water partition coefficient (Wildman–Crippen LogP) is -2.18. The molecule has 0 aromatic heterocycles. The van der Waals surface area contributed by atoms with Crippen LogP contribution in [0.2, 0.25) is 0 Å². The van der Waals surface area contributed by atoms with Crippen LogP contribution in [0.25, 0.3) is 0 Å². The van der Waals surface area contributed by atoms with E-state index in [0.717, 1.165) is 17.3 Å². The van der Waals surface area contributed by atoms with E-state index in [1.54, 1.807) is 0 Å². The monoisotopic (exact) mass is 243 g/mol. The van der Waals surface area contributed by atoms with Gasteiger partial charge in [0.25, 0.3) is 0 Å². The molecule has 0 bridgehead atoms. The first kappa shape index (κ1) is 13.2. The lowest BCUT2D eigenvalue weighted by molar-refractivity contribution is 0.112. The van der Waals surface area contributed by atoms with Crippen molar-refractivity contribution in [2.45, 2.75) is 5.91 Å². The second kappa shape index (κ2) is 4.53. The first-order valence-electron chi connectivity index (χ1n) is 4.38. The molecule has 1 saturated heterocycles. The highest BCUT2D eigenvalue weighted by Gasteiger charge is 2.42. The summed E-state index contributed by atoms with van der Waals surface area (Å²) in [6.45, 7) is 0. The van der Waals surface area contributed by atoms with Gasteiger partial charge in [-0.1, -0.05) is 0 Å². The van der Waals surface area contributed by atoms with E-state index >= 15 is 0 Å².